The van der Waals surface area contributed by atoms with Gasteiger partial charge in [0.05, 0.1) is 73.0 Å². The number of aliphatic imine (C=N–C) groups is 4. The topological polar surface area (TPSA) is 530 Å². The number of aliphatic hydroxyl groups is 2. The van der Waals surface area contributed by atoms with Crippen molar-refractivity contribution in [3.63, 3.8) is 0 Å². The number of para-hydroxylation sites is 4. The van der Waals surface area contributed by atoms with E-state index in [1.807, 2.05) is 0 Å². The van der Waals surface area contributed by atoms with Crippen LogP contribution in [0.1, 0.15) is 49.9 Å². The molecule has 0 amide bonds. The zero-order valence-corrected chi connectivity index (χ0v) is 48.4. The molecule has 78 heavy (non-hydrogen) atoms. The van der Waals surface area contributed by atoms with E-state index >= 15 is 0 Å². The van der Waals surface area contributed by atoms with Crippen molar-refractivity contribution in [2.45, 2.75) is 38.8 Å². The molecule has 2 N–H and O–H groups in total. The van der Waals surface area contributed by atoms with Crippen LogP contribution in [0.25, 0.3) is 0 Å². The molecule has 0 aliphatic rings. The Labute approximate surface area is 527 Å². The van der Waals surface area contributed by atoms with Crippen LogP contribution >= 0.6 is 0 Å². The van der Waals surface area contributed by atoms with Crippen LogP contribution in [-0.2, 0) is 34.1 Å². The van der Waals surface area contributed by atoms with Crippen LogP contribution in [0.3, 0.4) is 0 Å². The molecule has 36 heteroatoms. The number of hydrogen-bond acceptors (Lipinski definition) is 28. The number of hydrogen-bond donors (Lipinski definition) is 2. The molecule has 2 radical (unpaired) electrons. The molecule has 442 valence electrons. The van der Waals surface area contributed by atoms with Gasteiger partial charge in [0.2, 0.25) is 0 Å². The predicted molar refractivity (Wildman–Crippen MR) is 254 cm³/mol. The van der Waals surface area contributed by atoms with Gasteiger partial charge in [-0.3, -0.25) is 20.0 Å². The molecule has 4 aromatic rings. The molecule has 0 bridgehead atoms. The minimum atomic E-state index is -1.75. The van der Waals surface area contributed by atoms with E-state index in [1.165, 1.54) is 65.1 Å². The average molecular weight is 1500 g/mol. The molecule has 0 aliphatic heterocycles. The fourth-order valence-electron chi connectivity index (χ4n) is 4.55. The zero-order chi connectivity index (χ0) is 58.4. The Bertz CT molecular complexity index is 2270. The normalized spacial score (nSPS) is 9.95. The van der Waals surface area contributed by atoms with Gasteiger partial charge in [-0.25, -0.2) is 0 Å². The van der Waals surface area contributed by atoms with Gasteiger partial charge in [-0.15, -0.1) is 0 Å². The van der Waals surface area contributed by atoms with Gasteiger partial charge in [-0.2, -0.15) is 0 Å². The number of methoxy groups -OCH3 is 4. The quantitative estimate of drug-likeness (QED) is 0.0550. The van der Waals surface area contributed by atoms with E-state index in [1.54, 1.807) is 76.2 Å². The summed E-state index contributed by atoms with van der Waals surface area (Å²) in [5.41, 5.74) is -0.834. The number of nitrogens with zero attached hydrogens (tertiary/aromatic N) is 8. The first-order chi connectivity index (χ1) is 34.5. The summed E-state index contributed by atoms with van der Waals surface area (Å²) < 4.78 is 19.9. The maximum atomic E-state index is 12.3. The second-order valence-electron chi connectivity index (χ2n) is 13.7. The van der Waals surface area contributed by atoms with Gasteiger partial charge in [-0.1, -0.05) is 71.5 Å². The summed E-state index contributed by atoms with van der Waals surface area (Å²) in [7, 11) is 7.58. The largest absolute Gasteiger partial charge is 3.00 e. The Morgan fingerprint density at radius 2 is 0.667 bits per heavy atom. The van der Waals surface area contributed by atoms with Crippen LogP contribution in [0.5, 0.6) is 46.0 Å². The Morgan fingerprint density at radius 1 is 0.462 bits per heavy atom. The van der Waals surface area contributed by atoms with E-state index in [2.05, 4.69) is 20.0 Å². The first-order valence-corrected chi connectivity index (χ1v) is 19.6. The molecule has 4 rings (SSSR count). The van der Waals surface area contributed by atoms with Crippen molar-refractivity contribution < 1.29 is 192 Å². The van der Waals surface area contributed by atoms with Crippen molar-refractivity contribution in [3.05, 3.63) is 156 Å². The summed E-state index contributed by atoms with van der Waals surface area (Å²) in [4.78, 5) is 49.6. The van der Waals surface area contributed by atoms with Gasteiger partial charge in [0.15, 0.2) is 0 Å². The van der Waals surface area contributed by atoms with Gasteiger partial charge in [-0.05, 0) is 86.0 Å². The molecule has 0 aliphatic carbocycles. The molecule has 0 aromatic heterocycles. The van der Waals surface area contributed by atoms with Crippen molar-refractivity contribution in [1.29, 1.82) is 0 Å². The first-order valence-electron chi connectivity index (χ1n) is 19.6. The molecule has 0 atom stereocenters. The van der Waals surface area contributed by atoms with E-state index in [0.29, 0.717) is 11.1 Å². The molecule has 0 fully saturated rings. The van der Waals surface area contributed by atoms with E-state index in [9.17, 15) is 30.6 Å². The van der Waals surface area contributed by atoms with Crippen LogP contribution in [-0.4, -0.2) is 122 Å². The standard InChI is InChI=1S/2C20H24N2O5.2CH4O.2Cu.4NO3.2Tb/c2*1-20(2,22-11-13-7-5-9-15(26-3)17(13)23)12-21-19(25)14-8-6-10-16(27-4)18(14)24;2*1-2;;;4*2-1(3)4;;/h2*5-11,23-24H,12H2,1-4H3,(H,21,25);2*2H,1H3;;;;;;;;/q;;;;2*+2;4*-1;2*+3/p-6. The number of benzene rings is 4. The van der Waals surface area contributed by atoms with Crippen molar-refractivity contribution in [3.8, 4) is 46.0 Å². The predicted octanol–water partition coefficient (Wildman–Crippen LogP) is -0.0332. The summed E-state index contributed by atoms with van der Waals surface area (Å²) in [6, 6.07) is 18.7. The maximum absolute atomic E-state index is 12.3. The molecular weight excluding hydrogens is 1450 g/mol. The molecule has 32 nitrogen and oxygen atoms in total. The van der Waals surface area contributed by atoms with Gasteiger partial charge in [0.1, 0.15) is 23.0 Å². The molecule has 0 spiro atoms. The average Bonchev–Trinajstić information content (AvgIpc) is 3.33. The maximum Gasteiger partial charge on any atom is 3.00 e. The Morgan fingerprint density at radius 3 is 0.885 bits per heavy atom. The van der Waals surface area contributed by atoms with Crippen LogP contribution in [0.4, 0.5) is 0 Å². The molecule has 4 aromatic carbocycles. The van der Waals surface area contributed by atoms with Gasteiger partial charge < -0.3 is 121 Å². The van der Waals surface area contributed by atoms with E-state index in [-0.39, 0.29) is 170 Å². The summed E-state index contributed by atoms with van der Waals surface area (Å²) in [6.07, 6.45) is 2.88. The third kappa shape index (κ3) is 41.0. The summed E-state index contributed by atoms with van der Waals surface area (Å²) in [5, 5.41) is 146. The zero-order valence-electron chi connectivity index (χ0n) is 42.2. The third-order valence-corrected chi connectivity index (χ3v) is 7.64. The Balaban J connectivity index is -0.000000150. The van der Waals surface area contributed by atoms with Crippen molar-refractivity contribution in [2.75, 3.05) is 55.7 Å². The second kappa shape index (κ2) is 49.2. The smallest absolute Gasteiger partial charge is 0.870 e. The van der Waals surface area contributed by atoms with Crippen molar-refractivity contribution in [2.24, 2.45) is 20.0 Å². The fraction of sp³-hybridized carbons (Fsp3) is 0.333. The number of aliphatic hydroxyl groups excluding tert-OH is 2. The van der Waals surface area contributed by atoms with Gasteiger partial charge in [0, 0.05) is 26.6 Å². The van der Waals surface area contributed by atoms with Crippen LogP contribution < -0.4 is 49.6 Å². The van der Waals surface area contributed by atoms with Gasteiger partial charge in [0.25, 0.3) is 0 Å². The molecule has 0 unspecified atom stereocenters. The SMILES string of the molecule is CO.CO.COc1cccc(C=NC(C)(C)CN=C([O-])c2cccc(OC)c2[O-])c1[O-].COc1cccc(C=NC(C)(C)CN=C([O-])c2cccc(OC)c2[O-])c1[O-].O=[N+]([O-])[O-].O=[N+]([O-])[O-].O=[N+]([O-])[O-].O=[N+]([O-])[O-].[Cu+2].[Cu+2].[Tb+3].[Tb+3]. The third-order valence-electron chi connectivity index (χ3n) is 7.64. The Hall–Kier alpha value is -6.11. The second-order valence-corrected chi connectivity index (χ2v) is 13.7. The Kier molecular flexibility index (Phi) is 55.8. The summed E-state index contributed by atoms with van der Waals surface area (Å²) >= 11 is 0. The number of ether oxygens (including phenoxy) is 4. The van der Waals surface area contributed by atoms with Crippen LogP contribution in [0.2, 0.25) is 0 Å². The molecule has 0 saturated heterocycles. The van der Waals surface area contributed by atoms with Crippen molar-refractivity contribution >= 4 is 24.2 Å². The molecule has 0 saturated carbocycles. The minimum Gasteiger partial charge on any atom is -0.870 e. The number of rotatable bonds is 14. The first kappa shape index (κ1) is 88.5. The van der Waals surface area contributed by atoms with Crippen LogP contribution in [0.15, 0.2) is 92.8 Å². The summed E-state index contributed by atoms with van der Waals surface area (Å²) in [5.74, 6) is -2.13. The molecule has 0 heterocycles. The monoisotopic (exact) mass is 1490 g/mol. The summed E-state index contributed by atoms with van der Waals surface area (Å²) in [6.45, 7) is 7.20. The molecular formula is C42H50Cu2N8O24Tb2. The van der Waals surface area contributed by atoms with E-state index in [0.717, 1.165) is 14.2 Å². The fourth-order valence-corrected chi connectivity index (χ4v) is 4.55. The van der Waals surface area contributed by atoms with Crippen molar-refractivity contribution in [1.82, 2.24) is 0 Å². The van der Waals surface area contributed by atoms with E-state index < -0.39 is 54.7 Å². The minimum absolute atomic E-state index is 0. The van der Waals surface area contributed by atoms with E-state index in [4.69, 9.17) is 90.4 Å². The van der Waals surface area contributed by atoms with Gasteiger partial charge >= 0.3 is 111 Å². The van der Waals surface area contributed by atoms with Crippen LogP contribution in [0, 0.1) is 139 Å².